The van der Waals surface area contributed by atoms with Gasteiger partial charge in [0.15, 0.2) is 0 Å². The second-order valence-corrected chi connectivity index (χ2v) is 11.3. The van der Waals surface area contributed by atoms with Gasteiger partial charge in [-0.1, -0.05) is 47.5 Å². The van der Waals surface area contributed by atoms with E-state index in [0.717, 1.165) is 22.9 Å². The molecule has 0 aliphatic rings. The van der Waals surface area contributed by atoms with Crippen molar-refractivity contribution < 1.29 is 22.6 Å². The molecule has 14 heteroatoms. The molecule has 0 fully saturated rings. The molecule has 0 N–H and O–H groups in total. The Labute approximate surface area is 289 Å². The summed E-state index contributed by atoms with van der Waals surface area (Å²) in [6, 6.07) is 22.5. The zero-order chi connectivity index (χ0) is 35.0. The number of para-hydroxylation sites is 1. The number of imidazole rings is 2. The van der Waals surface area contributed by atoms with Crippen molar-refractivity contribution in [3.05, 3.63) is 148 Å². The van der Waals surface area contributed by atoms with E-state index >= 15 is 0 Å². The summed E-state index contributed by atoms with van der Waals surface area (Å²) in [6.45, 7) is 3.09. The first kappa shape index (κ1) is 34.5. The topological polar surface area (TPSA) is 115 Å². The number of nitrogens with zero attached hydrogens (tertiary/aromatic N) is 7. The lowest BCUT2D eigenvalue weighted by Gasteiger charge is -2.12. The van der Waals surface area contributed by atoms with E-state index < -0.39 is 11.7 Å². The van der Waals surface area contributed by atoms with Crippen LogP contribution in [0.3, 0.4) is 0 Å². The molecule has 6 rings (SSSR count). The SMILES string of the molecule is Cc1cn(Cc2ccc(C#N)c(Oc3ccccc3Cl)c2)cn1.N#Cc1ccc(Cn2ccnc2)cc1Oc1ncc(C(F)(F)F)cc1Cl. The van der Waals surface area contributed by atoms with Gasteiger partial charge in [-0.25, -0.2) is 15.0 Å². The van der Waals surface area contributed by atoms with Gasteiger partial charge in [-0.05, 0) is 60.5 Å². The van der Waals surface area contributed by atoms with Crippen molar-refractivity contribution in [2.45, 2.75) is 26.2 Å². The first-order valence-corrected chi connectivity index (χ1v) is 15.1. The fourth-order valence-corrected chi connectivity index (χ4v) is 4.83. The molecule has 0 atom stereocenters. The lowest BCUT2D eigenvalue weighted by atomic mass is 10.1. The summed E-state index contributed by atoms with van der Waals surface area (Å²) < 4.78 is 53.2. The minimum absolute atomic E-state index is 0.152. The molecule has 0 bridgehead atoms. The number of benzene rings is 3. The number of halogens is 5. The standard InChI is InChI=1S/C18H14ClN3O.C17H10ClF3N4O/c1-13-10-22(12-21-13)11-14-6-7-15(9-20)18(8-14)23-17-5-3-2-4-16(17)19;18-14-6-13(17(19,20)21)8-24-16(14)26-15-5-11(1-2-12(15)7-22)9-25-4-3-23-10-25/h2-8,10,12H,11H2,1H3;1-6,8,10H,9H2. The third-order valence-corrected chi connectivity index (χ3v) is 7.37. The largest absolute Gasteiger partial charge is 0.454 e. The monoisotopic (exact) mass is 701 g/mol. The summed E-state index contributed by atoms with van der Waals surface area (Å²) in [5, 5.41) is 18.7. The lowest BCUT2D eigenvalue weighted by Crippen LogP contribution is -2.06. The van der Waals surface area contributed by atoms with E-state index in [2.05, 4.69) is 21.0 Å². The summed E-state index contributed by atoms with van der Waals surface area (Å²) in [4.78, 5) is 11.8. The van der Waals surface area contributed by atoms with Gasteiger partial charge in [-0.3, -0.25) is 0 Å². The van der Waals surface area contributed by atoms with Crippen LogP contribution in [0.25, 0.3) is 0 Å². The normalized spacial score (nSPS) is 10.8. The summed E-state index contributed by atoms with van der Waals surface area (Å²) in [5.41, 5.74) is 2.48. The molecule has 0 aliphatic heterocycles. The number of hydrogen-bond donors (Lipinski definition) is 0. The van der Waals surface area contributed by atoms with Crippen molar-refractivity contribution in [2.24, 2.45) is 0 Å². The summed E-state index contributed by atoms with van der Waals surface area (Å²) >= 11 is 12.0. The van der Waals surface area contributed by atoms with Crippen LogP contribution < -0.4 is 9.47 Å². The summed E-state index contributed by atoms with van der Waals surface area (Å²) in [7, 11) is 0. The highest BCUT2D eigenvalue weighted by molar-refractivity contribution is 6.32. The van der Waals surface area contributed by atoms with Crippen molar-refractivity contribution in [3.63, 3.8) is 0 Å². The average Bonchev–Trinajstić information content (AvgIpc) is 3.74. The molecular weight excluding hydrogens is 678 g/mol. The highest BCUT2D eigenvalue weighted by Crippen LogP contribution is 2.36. The molecule has 246 valence electrons. The molecule has 9 nitrogen and oxygen atoms in total. The second-order valence-electron chi connectivity index (χ2n) is 10.5. The molecular formula is C35H24Cl2F3N7O2. The number of aryl methyl sites for hydroxylation is 1. The number of ether oxygens (including phenoxy) is 2. The Hall–Kier alpha value is -5.82. The van der Waals surface area contributed by atoms with Gasteiger partial charge in [0, 0.05) is 37.9 Å². The van der Waals surface area contributed by atoms with Crippen molar-refractivity contribution in [1.29, 1.82) is 10.5 Å². The Morgan fingerprint density at radius 1 is 0.776 bits per heavy atom. The zero-order valence-electron chi connectivity index (χ0n) is 25.6. The number of aromatic nitrogens is 5. The van der Waals surface area contributed by atoms with Gasteiger partial charge in [0.05, 0.1) is 40.1 Å². The molecule has 0 aliphatic carbocycles. The third kappa shape index (κ3) is 9.17. The highest BCUT2D eigenvalue weighted by Gasteiger charge is 2.32. The van der Waals surface area contributed by atoms with Crippen LogP contribution >= 0.6 is 23.2 Å². The van der Waals surface area contributed by atoms with E-state index in [9.17, 15) is 23.7 Å². The van der Waals surface area contributed by atoms with Gasteiger partial charge in [-0.2, -0.15) is 23.7 Å². The number of nitriles is 2. The molecule has 0 radical (unpaired) electrons. The van der Waals surface area contributed by atoms with Gasteiger partial charge < -0.3 is 18.6 Å². The van der Waals surface area contributed by atoms with Crippen LogP contribution in [0, 0.1) is 29.6 Å². The molecule has 3 aromatic heterocycles. The minimum atomic E-state index is -4.56. The number of alkyl halides is 3. The molecule has 0 spiro atoms. The molecule has 3 heterocycles. The van der Waals surface area contributed by atoms with Crippen LogP contribution in [0.2, 0.25) is 10.0 Å². The predicted octanol–water partition coefficient (Wildman–Crippen LogP) is 9.22. The lowest BCUT2D eigenvalue weighted by molar-refractivity contribution is -0.137. The fourth-order valence-electron chi connectivity index (χ4n) is 4.45. The Bertz CT molecular complexity index is 2150. The molecule has 0 saturated heterocycles. The molecule has 3 aromatic carbocycles. The van der Waals surface area contributed by atoms with E-state index in [1.807, 2.05) is 52.6 Å². The molecule has 0 unspecified atom stereocenters. The number of hydrogen-bond acceptors (Lipinski definition) is 7. The maximum atomic E-state index is 12.7. The third-order valence-electron chi connectivity index (χ3n) is 6.78. The highest BCUT2D eigenvalue weighted by atomic mass is 35.5. The van der Waals surface area contributed by atoms with Crippen molar-refractivity contribution in [2.75, 3.05) is 0 Å². The van der Waals surface area contributed by atoms with Crippen molar-refractivity contribution in [3.8, 4) is 35.3 Å². The Morgan fingerprint density at radius 2 is 1.43 bits per heavy atom. The maximum Gasteiger partial charge on any atom is 0.417 e. The van der Waals surface area contributed by atoms with Gasteiger partial charge in [0.1, 0.15) is 34.4 Å². The first-order chi connectivity index (χ1) is 23.5. The molecule has 0 saturated carbocycles. The minimum Gasteiger partial charge on any atom is -0.454 e. The fraction of sp³-hybridized carbons (Fsp3) is 0.114. The predicted molar refractivity (Wildman–Crippen MR) is 176 cm³/mol. The van der Waals surface area contributed by atoms with E-state index in [1.54, 1.807) is 61.4 Å². The molecule has 49 heavy (non-hydrogen) atoms. The second kappa shape index (κ2) is 15.4. The van der Waals surface area contributed by atoms with Gasteiger partial charge in [0.25, 0.3) is 0 Å². The van der Waals surface area contributed by atoms with Crippen LogP contribution in [0.15, 0.2) is 104 Å². The number of pyridine rings is 1. The van der Waals surface area contributed by atoms with Crippen LogP contribution in [-0.2, 0) is 19.3 Å². The van der Waals surface area contributed by atoms with Crippen LogP contribution in [0.4, 0.5) is 13.2 Å². The van der Waals surface area contributed by atoms with Crippen LogP contribution in [0.1, 0.15) is 33.5 Å². The average molecular weight is 703 g/mol. The van der Waals surface area contributed by atoms with E-state index in [0.29, 0.717) is 41.4 Å². The Balaban J connectivity index is 0.000000192. The molecule has 0 amide bonds. The van der Waals surface area contributed by atoms with E-state index in [-0.39, 0.29) is 22.2 Å². The summed E-state index contributed by atoms with van der Waals surface area (Å²) in [6.07, 6.45) is 4.85. The smallest absolute Gasteiger partial charge is 0.417 e. The van der Waals surface area contributed by atoms with E-state index in [1.165, 1.54) is 0 Å². The number of rotatable bonds is 8. The quantitative estimate of drug-likeness (QED) is 0.155. The van der Waals surface area contributed by atoms with Crippen LogP contribution in [-0.4, -0.2) is 24.1 Å². The Kier molecular flexibility index (Phi) is 10.8. The van der Waals surface area contributed by atoms with Gasteiger partial charge in [0.2, 0.25) is 5.88 Å². The Morgan fingerprint density at radius 3 is 1.98 bits per heavy atom. The van der Waals surface area contributed by atoms with Crippen molar-refractivity contribution in [1.82, 2.24) is 24.1 Å². The van der Waals surface area contributed by atoms with Gasteiger partial charge in [-0.15, -0.1) is 0 Å². The van der Waals surface area contributed by atoms with Crippen LogP contribution in [0.5, 0.6) is 23.1 Å². The first-order valence-electron chi connectivity index (χ1n) is 14.4. The van der Waals surface area contributed by atoms with Crippen molar-refractivity contribution >= 4 is 23.2 Å². The molecule has 6 aromatic rings. The van der Waals surface area contributed by atoms with Gasteiger partial charge >= 0.3 is 6.18 Å². The maximum absolute atomic E-state index is 12.7. The zero-order valence-corrected chi connectivity index (χ0v) is 27.1. The van der Waals surface area contributed by atoms with E-state index in [4.69, 9.17) is 32.7 Å². The summed E-state index contributed by atoms with van der Waals surface area (Å²) in [5.74, 6) is 0.964.